The number of aliphatic hydroxyl groups excluding tert-OH is 1. The van der Waals surface area contributed by atoms with Crippen LogP contribution in [0.5, 0.6) is 0 Å². The minimum atomic E-state index is -0.244. The molecule has 21 heavy (non-hydrogen) atoms. The first kappa shape index (κ1) is 16.5. The smallest absolute Gasteiger partial charge is 0.0610 e. The molecular weight excluding hydrogens is 260 g/mol. The molecule has 2 rings (SSSR count). The van der Waals surface area contributed by atoms with Crippen LogP contribution in [0.3, 0.4) is 0 Å². The van der Waals surface area contributed by atoms with Crippen LogP contribution in [0.2, 0.25) is 0 Å². The van der Waals surface area contributed by atoms with E-state index in [4.69, 9.17) is 4.74 Å². The zero-order valence-corrected chi connectivity index (χ0v) is 14.2. The lowest BCUT2D eigenvalue weighted by Crippen LogP contribution is -2.29. The first-order valence-corrected chi connectivity index (χ1v) is 8.15. The van der Waals surface area contributed by atoms with Crippen molar-refractivity contribution in [3.8, 4) is 0 Å². The number of aryl methyl sites for hydroxylation is 2. The van der Waals surface area contributed by atoms with Crippen molar-refractivity contribution in [1.82, 2.24) is 0 Å². The molecule has 1 aliphatic heterocycles. The third-order valence-corrected chi connectivity index (χ3v) is 4.79. The zero-order valence-electron chi connectivity index (χ0n) is 14.2. The number of hydrogen-bond acceptors (Lipinski definition) is 2. The number of hydrogen-bond donors (Lipinski definition) is 1. The minimum Gasteiger partial charge on any atom is -0.392 e. The van der Waals surface area contributed by atoms with Gasteiger partial charge in [-0.3, -0.25) is 0 Å². The average Bonchev–Trinajstić information content (AvgIpc) is 2.42. The summed E-state index contributed by atoms with van der Waals surface area (Å²) in [5.74, 6) is 0.389. The van der Waals surface area contributed by atoms with E-state index in [0.29, 0.717) is 5.92 Å². The van der Waals surface area contributed by atoms with E-state index in [1.54, 1.807) is 0 Å². The van der Waals surface area contributed by atoms with Crippen LogP contribution in [-0.4, -0.2) is 24.4 Å². The molecule has 0 bridgehead atoms. The first-order valence-electron chi connectivity index (χ1n) is 8.15. The predicted molar refractivity (Wildman–Crippen MR) is 87.9 cm³/mol. The van der Waals surface area contributed by atoms with Crippen LogP contribution < -0.4 is 0 Å². The highest BCUT2D eigenvalue weighted by Gasteiger charge is 2.24. The van der Waals surface area contributed by atoms with Crippen molar-refractivity contribution in [2.75, 3.05) is 13.2 Å². The molecule has 1 fully saturated rings. The molecule has 2 heteroatoms. The molecule has 1 aliphatic rings. The van der Waals surface area contributed by atoms with Gasteiger partial charge in [-0.15, -0.1) is 0 Å². The van der Waals surface area contributed by atoms with Gasteiger partial charge < -0.3 is 9.84 Å². The van der Waals surface area contributed by atoms with Gasteiger partial charge in [0.05, 0.1) is 6.10 Å². The van der Waals surface area contributed by atoms with Crippen LogP contribution in [0.1, 0.15) is 55.9 Å². The van der Waals surface area contributed by atoms with E-state index >= 15 is 0 Å². The maximum absolute atomic E-state index is 10.5. The second-order valence-corrected chi connectivity index (χ2v) is 7.56. The van der Waals surface area contributed by atoms with Gasteiger partial charge in [0, 0.05) is 13.2 Å². The van der Waals surface area contributed by atoms with Gasteiger partial charge in [-0.25, -0.2) is 0 Å². The van der Waals surface area contributed by atoms with Crippen molar-refractivity contribution < 1.29 is 9.84 Å². The van der Waals surface area contributed by atoms with Crippen LogP contribution in [0.25, 0.3) is 0 Å². The topological polar surface area (TPSA) is 29.5 Å². The maximum atomic E-state index is 10.5. The number of benzene rings is 1. The Labute approximate surface area is 129 Å². The van der Waals surface area contributed by atoms with Crippen LogP contribution in [0.15, 0.2) is 12.1 Å². The van der Waals surface area contributed by atoms with Crippen LogP contribution >= 0.6 is 0 Å². The lowest BCUT2D eigenvalue weighted by atomic mass is 9.82. The first-order chi connectivity index (χ1) is 9.79. The predicted octanol–water partition coefficient (Wildman–Crippen LogP) is 3.93. The minimum absolute atomic E-state index is 0.174. The molecule has 1 unspecified atom stereocenters. The van der Waals surface area contributed by atoms with E-state index < -0.39 is 0 Å². The Balaban J connectivity index is 2.16. The molecule has 0 radical (unpaired) electrons. The van der Waals surface area contributed by atoms with E-state index in [1.165, 1.54) is 22.3 Å². The fourth-order valence-electron chi connectivity index (χ4n) is 3.22. The average molecular weight is 290 g/mol. The van der Waals surface area contributed by atoms with Crippen molar-refractivity contribution >= 4 is 0 Å². The normalized spacial score (nSPS) is 18.8. The lowest BCUT2D eigenvalue weighted by Gasteiger charge is -2.28. The number of ether oxygens (including phenoxy) is 1. The summed E-state index contributed by atoms with van der Waals surface area (Å²) in [7, 11) is 0. The Morgan fingerprint density at radius 3 is 2.14 bits per heavy atom. The Kier molecular flexibility index (Phi) is 5.11. The summed E-state index contributed by atoms with van der Waals surface area (Å²) in [6.07, 6.45) is 2.50. The third kappa shape index (κ3) is 4.08. The molecule has 1 saturated heterocycles. The summed E-state index contributed by atoms with van der Waals surface area (Å²) in [4.78, 5) is 0. The third-order valence-electron chi connectivity index (χ3n) is 4.79. The second-order valence-electron chi connectivity index (χ2n) is 7.56. The van der Waals surface area contributed by atoms with Crippen molar-refractivity contribution in [1.29, 1.82) is 0 Å². The van der Waals surface area contributed by atoms with Gasteiger partial charge >= 0.3 is 0 Å². The van der Waals surface area contributed by atoms with Gasteiger partial charge in [-0.2, -0.15) is 0 Å². The molecule has 1 aromatic rings. The van der Waals surface area contributed by atoms with E-state index in [-0.39, 0.29) is 11.5 Å². The molecule has 0 aliphatic carbocycles. The highest BCUT2D eigenvalue weighted by Crippen LogP contribution is 2.29. The SMILES string of the molecule is Cc1cc(C(C)(C)C)cc(C)c1CC(O)C1CCOCC1. The Morgan fingerprint density at radius 1 is 1.14 bits per heavy atom. The van der Waals surface area contributed by atoms with E-state index in [0.717, 1.165) is 32.5 Å². The molecule has 0 saturated carbocycles. The molecule has 1 aromatic carbocycles. The molecule has 0 amide bonds. The van der Waals surface area contributed by atoms with Gasteiger partial charge in [0.1, 0.15) is 0 Å². The van der Waals surface area contributed by atoms with Gasteiger partial charge in [0.15, 0.2) is 0 Å². The molecule has 118 valence electrons. The standard InChI is InChI=1S/C19H30O2/c1-13-10-16(19(3,4)5)11-14(2)17(13)12-18(20)15-6-8-21-9-7-15/h10-11,15,18,20H,6-9,12H2,1-5H3. The largest absolute Gasteiger partial charge is 0.392 e. The monoisotopic (exact) mass is 290 g/mol. The van der Waals surface area contributed by atoms with E-state index in [9.17, 15) is 5.11 Å². The summed E-state index contributed by atoms with van der Waals surface area (Å²) in [6.45, 7) is 12.7. The molecule has 1 heterocycles. The summed E-state index contributed by atoms with van der Waals surface area (Å²) in [5.41, 5.74) is 5.49. The second kappa shape index (κ2) is 6.50. The fourth-order valence-corrected chi connectivity index (χ4v) is 3.22. The van der Waals surface area contributed by atoms with Gasteiger partial charge in [0.25, 0.3) is 0 Å². The molecule has 1 N–H and O–H groups in total. The molecule has 2 nitrogen and oxygen atoms in total. The van der Waals surface area contributed by atoms with Gasteiger partial charge in [-0.05, 0) is 66.7 Å². The maximum Gasteiger partial charge on any atom is 0.0610 e. The highest BCUT2D eigenvalue weighted by atomic mass is 16.5. The van der Waals surface area contributed by atoms with Crippen molar-refractivity contribution in [3.63, 3.8) is 0 Å². The van der Waals surface area contributed by atoms with Crippen molar-refractivity contribution in [2.24, 2.45) is 5.92 Å². The number of rotatable bonds is 3. The molecule has 1 atom stereocenters. The Bertz CT molecular complexity index is 456. The van der Waals surface area contributed by atoms with Crippen LogP contribution in [-0.2, 0) is 16.6 Å². The summed E-state index contributed by atoms with van der Waals surface area (Å²) < 4.78 is 5.39. The Morgan fingerprint density at radius 2 is 1.67 bits per heavy atom. The van der Waals surface area contributed by atoms with Crippen molar-refractivity contribution in [2.45, 2.75) is 65.4 Å². The quantitative estimate of drug-likeness (QED) is 0.914. The van der Waals surface area contributed by atoms with E-state index in [2.05, 4.69) is 46.8 Å². The highest BCUT2D eigenvalue weighted by molar-refractivity contribution is 5.40. The summed E-state index contributed by atoms with van der Waals surface area (Å²) in [6, 6.07) is 4.58. The van der Waals surface area contributed by atoms with Crippen molar-refractivity contribution in [3.05, 3.63) is 34.4 Å². The molecule has 0 spiro atoms. The number of aliphatic hydroxyl groups is 1. The molecular formula is C19H30O2. The fraction of sp³-hybridized carbons (Fsp3) is 0.684. The summed E-state index contributed by atoms with van der Waals surface area (Å²) >= 11 is 0. The van der Waals surface area contributed by atoms with Gasteiger partial charge in [0.2, 0.25) is 0 Å². The molecule has 0 aromatic heterocycles. The Hall–Kier alpha value is -0.860. The van der Waals surface area contributed by atoms with Crippen LogP contribution in [0.4, 0.5) is 0 Å². The lowest BCUT2D eigenvalue weighted by molar-refractivity contribution is 0.00830. The van der Waals surface area contributed by atoms with E-state index in [1.807, 2.05) is 0 Å². The summed E-state index contributed by atoms with van der Waals surface area (Å²) in [5, 5.41) is 10.5. The zero-order chi connectivity index (χ0) is 15.6. The van der Waals surface area contributed by atoms with Gasteiger partial charge in [-0.1, -0.05) is 32.9 Å². The van der Waals surface area contributed by atoms with Crippen LogP contribution in [0, 0.1) is 19.8 Å².